The van der Waals surface area contributed by atoms with Crippen molar-refractivity contribution in [1.29, 1.82) is 0 Å². The van der Waals surface area contributed by atoms with Gasteiger partial charge in [0.05, 0.1) is 32.7 Å². The zero-order chi connectivity index (χ0) is 21.8. The van der Waals surface area contributed by atoms with Crippen LogP contribution in [0.5, 0.6) is 17.2 Å². The Kier molecular flexibility index (Phi) is 6.31. The number of carbonyl (C=O) groups excluding carboxylic acids is 2. The highest BCUT2D eigenvalue weighted by molar-refractivity contribution is 5.99. The molecule has 3 rings (SSSR count). The number of urea groups is 1. The van der Waals surface area contributed by atoms with Crippen LogP contribution in [0.25, 0.3) is 0 Å². The lowest BCUT2D eigenvalue weighted by molar-refractivity contribution is -0.125. The topological polar surface area (TPSA) is 128 Å². The summed E-state index contributed by atoms with van der Waals surface area (Å²) in [5, 5.41) is 15.9. The number of aryl methyl sites for hydroxylation is 1. The summed E-state index contributed by atoms with van der Waals surface area (Å²) in [6.45, 7) is 3.71. The number of ether oxygens (including phenoxy) is 3. The number of aromatic nitrogens is 2. The molecule has 0 saturated carbocycles. The second-order valence-electron chi connectivity index (χ2n) is 6.85. The van der Waals surface area contributed by atoms with E-state index in [-0.39, 0.29) is 11.9 Å². The lowest BCUT2D eigenvalue weighted by Gasteiger charge is -2.30. The minimum absolute atomic E-state index is 0.0193. The average molecular weight is 418 g/mol. The molecule has 2 heterocycles. The van der Waals surface area contributed by atoms with Gasteiger partial charge in [-0.05, 0) is 13.8 Å². The Labute approximate surface area is 174 Å². The zero-order valence-electron chi connectivity index (χ0n) is 17.5. The highest BCUT2D eigenvalue weighted by Gasteiger charge is 2.26. The van der Waals surface area contributed by atoms with Crippen molar-refractivity contribution in [2.75, 3.05) is 32.0 Å². The van der Waals surface area contributed by atoms with E-state index in [0.29, 0.717) is 40.9 Å². The number of hydrogen-bond donors (Lipinski definition) is 4. The summed E-state index contributed by atoms with van der Waals surface area (Å²) in [5.41, 5.74) is 1.13. The van der Waals surface area contributed by atoms with Gasteiger partial charge in [-0.2, -0.15) is 5.10 Å². The van der Waals surface area contributed by atoms with Gasteiger partial charge in [0.2, 0.25) is 11.7 Å². The zero-order valence-corrected chi connectivity index (χ0v) is 17.5. The largest absolute Gasteiger partial charge is 0.493 e. The van der Waals surface area contributed by atoms with Gasteiger partial charge in [0.15, 0.2) is 17.8 Å². The molecule has 1 aromatic heterocycles. The number of benzene rings is 1. The molecule has 1 aliphatic rings. The first-order valence-corrected chi connectivity index (χ1v) is 9.34. The number of hydrogen-bond acceptors (Lipinski definition) is 7. The molecule has 3 amide bonds. The Balaban J connectivity index is 1.78. The van der Waals surface area contributed by atoms with E-state index in [2.05, 4.69) is 26.4 Å². The molecule has 11 nitrogen and oxygen atoms in total. The van der Waals surface area contributed by atoms with Gasteiger partial charge < -0.3 is 24.8 Å². The van der Waals surface area contributed by atoms with E-state index in [0.717, 1.165) is 0 Å². The number of nitrogens with zero attached hydrogens (tertiary/aromatic N) is 2. The normalized spacial score (nSPS) is 18.4. The molecule has 1 aliphatic heterocycles. The molecule has 162 valence electrons. The van der Waals surface area contributed by atoms with Gasteiger partial charge in [-0.3, -0.25) is 15.4 Å². The molecule has 1 aromatic carbocycles. The molecule has 0 aliphatic carbocycles. The van der Waals surface area contributed by atoms with Crippen molar-refractivity contribution in [3.63, 3.8) is 0 Å². The van der Waals surface area contributed by atoms with Crippen LogP contribution in [0.4, 0.5) is 16.3 Å². The van der Waals surface area contributed by atoms with Crippen LogP contribution in [0.1, 0.15) is 25.3 Å². The first-order valence-electron chi connectivity index (χ1n) is 9.34. The Bertz CT molecular complexity index is 918. The summed E-state index contributed by atoms with van der Waals surface area (Å²) in [7, 11) is 4.49. The lowest BCUT2D eigenvalue weighted by atomic mass is 10.2. The summed E-state index contributed by atoms with van der Waals surface area (Å²) in [4.78, 5) is 24.5. The number of methoxy groups -OCH3 is 3. The predicted octanol–water partition coefficient (Wildman–Crippen LogP) is 1.82. The fourth-order valence-electron chi connectivity index (χ4n) is 3.23. The minimum Gasteiger partial charge on any atom is -0.493 e. The fourth-order valence-corrected chi connectivity index (χ4v) is 3.23. The third-order valence-electron chi connectivity index (χ3n) is 4.50. The monoisotopic (exact) mass is 418 g/mol. The van der Waals surface area contributed by atoms with E-state index >= 15 is 0 Å². The highest BCUT2D eigenvalue weighted by atomic mass is 16.5. The number of anilines is 2. The van der Waals surface area contributed by atoms with E-state index in [1.165, 1.54) is 26.0 Å². The second-order valence-corrected chi connectivity index (χ2v) is 6.85. The van der Waals surface area contributed by atoms with Gasteiger partial charge in [0.1, 0.15) is 5.82 Å². The van der Waals surface area contributed by atoms with E-state index in [1.807, 2.05) is 6.92 Å². The molecule has 1 fully saturated rings. The molecule has 30 heavy (non-hydrogen) atoms. The number of carbonyl (C=O) groups is 2. The molecular weight excluding hydrogens is 392 g/mol. The standard InChI is InChI=1S/C19H26N6O5/c1-10-7-16(26)23-18(20-10)25-15(6-11(2)24-25)22-19(27)21-12-8-13(28-3)17(30-5)14(9-12)29-4/h6,8-10,18,20H,7H2,1-5H3,(H,23,26)(H2,21,22,27). The predicted molar refractivity (Wildman–Crippen MR) is 110 cm³/mol. The van der Waals surface area contributed by atoms with Crippen LogP contribution < -0.4 is 35.5 Å². The van der Waals surface area contributed by atoms with Gasteiger partial charge in [-0.1, -0.05) is 0 Å². The first kappa shape index (κ1) is 21.2. The highest BCUT2D eigenvalue weighted by Crippen LogP contribution is 2.39. The molecule has 2 unspecified atom stereocenters. The van der Waals surface area contributed by atoms with Gasteiger partial charge in [0, 0.05) is 30.7 Å². The van der Waals surface area contributed by atoms with E-state index in [4.69, 9.17) is 14.2 Å². The van der Waals surface area contributed by atoms with Crippen LogP contribution in [0, 0.1) is 6.92 Å². The molecule has 4 N–H and O–H groups in total. The van der Waals surface area contributed by atoms with Crippen LogP contribution in [-0.2, 0) is 4.79 Å². The molecule has 2 aromatic rings. The average Bonchev–Trinajstić information content (AvgIpc) is 3.06. The maximum absolute atomic E-state index is 12.6. The summed E-state index contributed by atoms with van der Waals surface area (Å²) in [6.07, 6.45) is -0.187. The molecule has 2 atom stereocenters. The summed E-state index contributed by atoms with van der Waals surface area (Å²) >= 11 is 0. The third-order valence-corrected chi connectivity index (χ3v) is 4.50. The SMILES string of the molecule is COc1cc(NC(=O)Nc2cc(C)nn2C2NC(=O)CC(C)N2)cc(OC)c1OC. The molecule has 0 radical (unpaired) electrons. The van der Waals surface area contributed by atoms with E-state index in [9.17, 15) is 9.59 Å². The Hall–Kier alpha value is -3.47. The van der Waals surface area contributed by atoms with E-state index < -0.39 is 12.3 Å². The van der Waals surface area contributed by atoms with Gasteiger partial charge in [-0.25, -0.2) is 9.48 Å². The molecule has 0 bridgehead atoms. The number of amides is 3. The van der Waals surface area contributed by atoms with E-state index in [1.54, 1.807) is 25.1 Å². The maximum Gasteiger partial charge on any atom is 0.324 e. The number of rotatable bonds is 6. The van der Waals surface area contributed by atoms with Gasteiger partial charge >= 0.3 is 6.03 Å². The molecule has 0 spiro atoms. The smallest absolute Gasteiger partial charge is 0.324 e. The number of nitrogens with one attached hydrogen (secondary N) is 4. The van der Waals surface area contributed by atoms with Crippen molar-refractivity contribution in [1.82, 2.24) is 20.4 Å². The van der Waals surface area contributed by atoms with Crippen molar-refractivity contribution in [2.24, 2.45) is 0 Å². The molecule has 11 heteroatoms. The minimum atomic E-state index is -0.563. The van der Waals surface area contributed by atoms with Crippen LogP contribution in [-0.4, -0.2) is 49.1 Å². The Morgan fingerprint density at radius 2 is 1.80 bits per heavy atom. The van der Waals surface area contributed by atoms with Gasteiger partial charge in [0.25, 0.3) is 0 Å². The summed E-state index contributed by atoms with van der Waals surface area (Å²) in [5.74, 6) is 1.58. The van der Waals surface area contributed by atoms with Crippen molar-refractivity contribution in [3.05, 3.63) is 23.9 Å². The Morgan fingerprint density at radius 3 is 2.37 bits per heavy atom. The van der Waals surface area contributed by atoms with Crippen LogP contribution >= 0.6 is 0 Å². The Morgan fingerprint density at radius 1 is 1.13 bits per heavy atom. The van der Waals surface area contributed by atoms with Crippen LogP contribution in [0.2, 0.25) is 0 Å². The summed E-state index contributed by atoms with van der Waals surface area (Å²) in [6, 6.07) is 4.43. The fraction of sp³-hybridized carbons (Fsp3) is 0.421. The lowest BCUT2D eigenvalue weighted by Crippen LogP contribution is -2.52. The molecular formula is C19H26N6O5. The second kappa shape index (κ2) is 8.91. The van der Waals surface area contributed by atoms with Crippen molar-refractivity contribution < 1.29 is 23.8 Å². The molecule has 1 saturated heterocycles. The van der Waals surface area contributed by atoms with Crippen molar-refractivity contribution in [3.8, 4) is 17.2 Å². The third kappa shape index (κ3) is 4.57. The maximum atomic E-state index is 12.6. The van der Waals surface area contributed by atoms with Crippen LogP contribution in [0.15, 0.2) is 18.2 Å². The summed E-state index contributed by atoms with van der Waals surface area (Å²) < 4.78 is 17.4. The van der Waals surface area contributed by atoms with Crippen molar-refractivity contribution in [2.45, 2.75) is 32.6 Å². The first-order chi connectivity index (χ1) is 14.3. The van der Waals surface area contributed by atoms with Crippen LogP contribution in [0.3, 0.4) is 0 Å². The van der Waals surface area contributed by atoms with Gasteiger partial charge in [-0.15, -0.1) is 0 Å². The quantitative estimate of drug-likeness (QED) is 0.563. The van der Waals surface area contributed by atoms with Crippen molar-refractivity contribution >= 4 is 23.4 Å².